The second kappa shape index (κ2) is 6.29. The molecular weight excluding hydrogens is 306 g/mol. The highest BCUT2D eigenvalue weighted by molar-refractivity contribution is 9.10. The number of methoxy groups -OCH3 is 1. The molecule has 3 nitrogen and oxygen atoms in total. The van der Waals surface area contributed by atoms with Gasteiger partial charge in [-0.2, -0.15) is 0 Å². The van der Waals surface area contributed by atoms with Gasteiger partial charge in [-0.15, -0.1) is 0 Å². The van der Waals surface area contributed by atoms with Crippen molar-refractivity contribution in [1.29, 1.82) is 0 Å². The maximum absolute atomic E-state index is 11.9. The Morgan fingerprint density at radius 1 is 1.26 bits per heavy atom. The predicted molar refractivity (Wildman–Crippen MR) is 78.3 cm³/mol. The van der Waals surface area contributed by atoms with Crippen LogP contribution in [-0.4, -0.2) is 18.1 Å². The van der Waals surface area contributed by atoms with Crippen molar-refractivity contribution >= 4 is 33.5 Å². The van der Waals surface area contributed by atoms with Crippen LogP contribution in [0.25, 0.3) is 11.6 Å². The van der Waals surface area contributed by atoms with E-state index in [2.05, 4.69) is 20.9 Å². The Balaban J connectivity index is 2.45. The fourth-order valence-corrected chi connectivity index (χ4v) is 1.89. The van der Waals surface area contributed by atoms with Gasteiger partial charge in [0.2, 0.25) is 0 Å². The number of carbonyl (C=O) groups is 1. The number of ether oxygens (including phenoxy) is 1. The van der Waals surface area contributed by atoms with Crippen LogP contribution < -0.4 is 0 Å². The Hall–Kier alpha value is -1.94. The average Bonchev–Trinajstić information content (AvgIpc) is 2.46. The first-order valence-electron chi connectivity index (χ1n) is 5.66. The van der Waals surface area contributed by atoms with Gasteiger partial charge in [0, 0.05) is 16.9 Å². The molecule has 1 aromatic carbocycles. The van der Waals surface area contributed by atoms with E-state index in [0.29, 0.717) is 5.57 Å². The molecule has 0 bridgehead atoms. The van der Waals surface area contributed by atoms with Crippen molar-refractivity contribution < 1.29 is 9.53 Å². The molecular formula is C15H12BrNO2. The molecule has 0 radical (unpaired) electrons. The first-order valence-corrected chi connectivity index (χ1v) is 6.46. The van der Waals surface area contributed by atoms with Gasteiger partial charge in [-0.3, -0.25) is 4.98 Å². The van der Waals surface area contributed by atoms with E-state index in [0.717, 1.165) is 15.6 Å². The van der Waals surface area contributed by atoms with Gasteiger partial charge < -0.3 is 4.74 Å². The number of nitrogens with zero attached hydrogens (tertiary/aromatic N) is 1. The number of aromatic nitrogens is 1. The van der Waals surface area contributed by atoms with Crippen molar-refractivity contribution in [2.75, 3.05) is 7.11 Å². The maximum atomic E-state index is 11.9. The molecule has 96 valence electrons. The summed E-state index contributed by atoms with van der Waals surface area (Å²) in [7, 11) is 1.37. The SMILES string of the molecule is COC(=O)C(=Cc1cccnc1)c1ccc(Br)cc1. The van der Waals surface area contributed by atoms with E-state index in [4.69, 9.17) is 4.74 Å². The van der Waals surface area contributed by atoms with Gasteiger partial charge in [0.05, 0.1) is 12.7 Å². The Morgan fingerprint density at radius 2 is 2.00 bits per heavy atom. The Bertz CT molecular complexity index is 591. The van der Waals surface area contributed by atoms with Gasteiger partial charge in [-0.05, 0) is 35.4 Å². The van der Waals surface area contributed by atoms with E-state index in [1.807, 2.05) is 36.4 Å². The van der Waals surface area contributed by atoms with Crippen LogP contribution in [0.3, 0.4) is 0 Å². The summed E-state index contributed by atoms with van der Waals surface area (Å²) in [5.41, 5.74) is 2.16. The zero-order chi connectivity index (χ0) is 13.7. The van der Waals surface area contributed by atoms with Crippen molar-refractivity contribution in [3.63, 3.8) is 0 Å². The number of pyridine rings is 1. The third-order valence-electron chi connectivity index (χ3n) is 2.56. The minimum Gasteiger partial charge on any atom is -0.465 e. The standard InChI is InChI=1S/C15H12BrNO2/c1-19-15(18)14(9-11-3-2-8-17-10-11)12-4-6-13(16)7-5-12/h2-10H,1H3. The lowest BCUT2D eigenvalue weighted by Gasteiger charge is -2.06. The zero-order valence-electron chi connectivity index (χ0n) is 10.3. The minimum absolute atomic E-state index is 0.369. The first-order chi connectivity index (χ1) is 9.20. The molecule has 0 aliphatic rings. The van der Waals surface area contributed by atoms with Gasteiger partial charge in [0.1, 0.15) is 0 Å². The molecule has 0 aliphatic heterocycles. The number of esters is 1. The van der Waals surface area contributed by atoms with E-state index in [1.165, 1.54) is 7.11 Å². The molecule has 0 amide bonds. The molecule has 19 heavy (non-hydrogen) atoms. The number of carbonyl (C=O) groups excluding carboxylic acids is 1. The van der Waals surface area contributed by atoms with Gasteiger partial charge in [-0.25, -0.2) is 4.79 Å². The lowest BCUT2D eigenvalue weighted by molar-refractivity contribution is -0.133. The first kappa shape index (κ1) is 13.5. The van der Waals surface area contributed by atoms with Crippen molar-refractivity contribution in [2.45, 2.75) is 0 Å². The number of hydrogen-bond acceptors (Lipinski definition) is 3. The number of benzene rings is 1. The monoisotopic (exact) mass is 317 g/mol. The molecule has 2 rings (SSSR count). The summed E-state index contributed by atoms with van der Waals surface area (Å²) in [6.07, 6.45) is 5.15. The molecule has 1 heterocycles. The lowest BCUT2D eigenvalue weighted by atomic mass is 10.0. The summed E-state index contributed by atoms with van der Waals surface area (Å²) in [5.74, 6) is -0.369. The fraction of sp³-hybridized carbons (Fsp3) is 0.0667. The van der Waals surface area contributed by atoms with Crippen LogP contribution in [0.1, 0.15) is 11.1 Å². The summed E-state index contributed by atoms with van der Waals surface area (Å²) in [6.45, 7) is 0. The Labute approximate surface area is 120 Å². The van der Waals surface area contributed by atoms with Crippen molar-refractivity contribution in [3.8, 4) is 0 Å². The fourth-order valence-electron chi connectivity index (χ4n) is 1.63. The van der Waals surface area contributed by atoms with Crippen molar-refractivity contribution in [2.24, 2.45) is 0 Å². The second-order valence-electron chi connectivity index (χ2n) is 3.84. The van der Waals surface area contributed by atoms with E-state index in [-0.39, 0.29) is 5.97 Å². The van der Waals surface area contributed by atoms with Crippen molar-refractivity contribution in [3.05, 3.63) is 64.4 Å². The summed E-state index contributed by atoms with van der Waals surface area (Å²) in [5, 5.41) is 0. The molecule has 0 spiro atoms. The largest absolute Gasteiger partial charge is 0.465 e. The van der Waals surface area contributed by atoms with Crippen LogP contribution >= 0.6 is 15.9 Å². The third-order valence-corrected chi connectivity index (χ3v) is 3.08. The molecule has 0 N–H and O–H groups in total. The summed E-state index contributed by atoms with van der Waals surface area (Å²) < 4.78 is 5.79. The topological polar surface area (TPSA) is 39.2 Å². The quantitative estimate of drug-likeness (QED) is 0.642. The molecule has 0 atom stereocenters. The smallest absolute Gasteiger partial charge is 0.338 e. The predicted octanol–water partition coefficient (Wildman–Crippen LogP) is 3.56. The third kappa shape index (κ3) is 3.51. The molecule has 0 saturated carbocycles. The van der Waals surface area contributed by atoms with Crippen LogP contribution in [0.15, 0.2) is 53.3 Å². The molecule has 2 aromatic rings. The van der Waals surface area contributed by atoms with Crippen LogP contribution in [0, 0.1) is 0 Å². The molecule has 0 fully saturated rings. The Kier molecular flexibility index (Phi) is 4.47. The van der Waals surface area contributed by atoms with E-state index in [9.17, 15) is 4.79 Å². The number of halogens is 1. The van der Waals surface area contributed by atoms with Crippen LogP contribution in [0.5, 0.6) is 0 Å². The van der Waals surface area contributed by atoms with Crippen molar-refractivity contribution in [1.82, 2.24) is 4.98 Å². The van der Waals surface area contributed by atoms with Gasteiger partial charge in [0.15, 0.2) is 0 Å². The number of rotatable bonds is 3. The van der Waals surface area contributed by atoms with E-state index in [1.54, 1.807) is 18.5 Å². The minimum atomic E-state index is -0.369. The summed E-state index contributed by atoms with van der Waals surface area (Å²) in [4.78, 5) is 15.9. The van der Waals surface area contributed by atoms with E-state index >= 15 is 0 Å². The highest BCUT2D eigenvalue weighted by Crippen LogP contribution is 2.21. The van der Waals surface area contributed by atoms with Gasteiger partial charge in [0.25, 0.3) is 0 Å². The molecule has 0 saturated heterocycles. The molecule has 0 unspecified atom stereocenters. The van der Waals surface area contributed by atoms with E-state index < -0.39 is 0 Å². The van der Waals surface area contributed by atoms with Gasteiger partial charge >= 0.3 is 5.97 Å². The Morgan fingerprint density at radius 3 is 2.58 bits per heavy atom. The molecule has 1 aromatic heterocycles. The number of hydrogen-bond donors (Lipinski definition) is 0. The van der Waals surface area contributed by atoms with Crippen LogP contribution in [0.2, 0.25) is 0 Å². The summed E-state index contributed by atoms with van der Waals surface area (Å²) in [6, 6.07) is 11.2. The molecule has 0 aliphatic carbocycles. The highest BCUT2D eigenvalue weighted by atomic mass is 79.9. The van der Waals surface area contributed by atoms with Gasteiger partial charge in [-0.1, -0.05) is 34.1 Å². The average molecular weight is 318 g/mol. The second-order valence-corrected chi connectivity index (χ2v) is 4.76. The maximum Gasteiger partial charge on any atom is 0.338 e. The zero-order valence-corrected chi connectivity index (χ0v) is 11.9. The lowest BCUT2D eigenvalue weighted by Crippen LogP contribution is -2.03. The summed E-state index contributed by atoms with van der Waals surface area (Å²) >= 11 is 3.37. The normalized spacial score (nSPS) is 11.2. The van der Waals surface area contributed by atoms with Crippen LogP contribution in [-0.2, 0) is 9.53 Å². The van der Waals surface area contributed by atoms with Crippen LogP contribution in [0.4, 0.5) is 0 Å². The highest BCUT2D eigenvalue weighted by Gasteiger charge is 2.12. The molecule has 4 heteroatoms.